The van der Waals surface area contributed by atoms with E-state index in [1.165, 1.54) is 26.0 Å². The van der Waals surface area contributed by atoms with Crippen molar-refractivity contribution in [2.75, 3.05) is 25.5 Å². The molecule has 1 saturated heterocycles. The highest BCUT2D eigenvalue weighted by atomic mass is 19.1. The van der Waals surface area contributed by atoms with Gasteiger partial charge in [-0.2, -0.15) is 0 Å². The quantitative estimate of drug-likeness (QED) is 0.928. The van der Waals surface area contributed by atoms with Gasteiger partial charge in [-0.05, 0) is 31.9 Å². The van der Waals surface area contributed by atoms with Crippen LogP contribution in [-0.2, 0) is 4.79 Å². The second-order valence-electron chi connectivity index (χ2n) is 5.45. The Balaban J connectivity index is 1.99. The molecule has 116 valence electrons. The number of hydrogen-bond donors (Lipinski definition) is 1. The smallest absolute Gasteiger partial charge is 0.244 e. The average molecular weight is 294 g/mol. The van der Waals surface area contributed by atoms with E-state index in [1.54, 1.807) is 12.1 Å². The van der Waals surface area contributed by atoms with Crippen molar-refractivity contribution in [3.8, 4) is 5.75 Å². The molecule has 1 unspecified atom stereocenters. The summed E-state index contributed by atoms with van der Waals surface area (Å²) in [6.45, 7) is 3.50. The molecule has 1 amide bonds. The van der Waals surface area contributed by atoms with Gasteiger partial charge in [0.15, 0.2) is 11.6 Å². The maximum atomic E-state index is 13.4. The Morgan fingerprint density at radius 2 is 1.95 bits per heavy atom. The van der Waals surface area contributed by atoms with Crippen molar-refractivity contribution in [2.24, 2.45) is 0 Å². The molecule has 0 aliphatic carbocycles. The molecule has 0 saturated carbocycles. The largest absolute Gasteiger partial charge is 0.494 e. The van der Waals surface area contributed by atoms with E-state index in [2.05, 4.69) is 5.32 Å². The van der Waals surface area contributed by atoms with Gasteiger partial charge in [0, 0.05) is 24.8 Å². The third-order valence-corrected chi connectivity index (χ3v) is 3.82. The predicted octanol–water partition coefficient (Wildman–Crippen LogP) is 3.04. The number of carbonyl (C=O) groups is 1. The van der Waals surface area contributed by atoms with E-state index in [9.17, 15) is 9.18 Å². The van der Waals surface area contributed by atoms with Crippen molar-refractivity contribution in [1.82, 2.24) is 4.90 Å². The van der Waals surface area contributed by atoms with Gasteiger partial charge in [0.05, 0.1) is 7.11 Å². The summed E-state index contributed by atoms with van der Waals surface area (Å²) in [5.74, 6) is -0.135. The first-order valence-electron chi connectivity index (χ1n) is 7.50. The van der Waals surface area contributed by atoms with E-state index < -0.39 is 5.82 Å². The van der Waals surface area contributed by atoms with Crippen molar-refractivity contribution in [1.29, 1.82) is 0 Å². The second-order valence-corrected chi connectivity index (χ2v) is 5.45. The summed E-state index contributed by atoms with van der Waals surface area (Å²) in [6, 6.07) is 4.19. The van der Waals surface area contributed by atoms with Crippen LogP contribution in [0.3, 0.4) is 0 Å². The van der Waals surface area contributed by atoms with Crippen LogP contribution < -0.4 is 10.1 Å². The number of methoxy groups -OCH3 is 1. The fourth-order valence-corrected chi connectivity index (χ4v) is 2.63. The molecule has 1 aliphatic heterocycles. The third kappa shape index (κ3) is 4.09. The molecule has 1 aliphatic rings. The lowest BCUT2D eigenvalue weighted by molar-refractivity contribution is -0.131. The lowest BCUT2D eigenvalue weighted by atomic mass is 10.2. The van der Waals surface area contributed by atoms with E-state index in [4.69, 9.17) is 4.74 Å². The van der Waals surface area contributed by atoms with Gasteiger partial charge in [-0.1, -0.05) is 12.8 Å². The fourth-order valence-electron chi connectivity index (χ4n) is 2.63. The third-order valence-electron chi connectivity index (χ3n) is 3.82. The monoisotopic (exact) mass is 294 g/mol. The number of rotatable bonds is 4. The van der Waals surface area contributed by atoms with Gasteiger partial charge in [-0.25, -0.2) is 4.39 Å². The van der Waals surface area contributed by atoms with Crippen LogP contribution in [-0.4, -0.2) is 37.0 Å². The van der Waals surface area contributed by atoms with Gasteiger partial charge in [0.2, 0.25) is 5.91 Å². The van der Waals surface area contributed by atoms with E-state index in [0.29, 0.717) is 5.69 Å². The SMILES string of the molecule is COc1cc(NC(C)C(=O)N2CCCCCC2)ccc1F. The first kappa shape index (κ1) is 15.6. The summed E-state index contributed by atoms with van der Waals surface area (Å²) in [7, 11) is 1.42. The number of halogens is 1. The van der Waals surface area contributed by atoms with Crippen LogP contribution in [0.15, 0.2) is 18.2 Å². The Labute approximate surface area is 125 Å². The van der Waals surface area contributed by atoms with Crippen LogP contribution in [0.5, 0.6) is 5.75 Å². The Hall–Kier alpha value is -1.78. The normalized spacial score (nSPS) is 17.0. The van der Waals surface area contributed by atoms with E-state index >= 15 is 0 Å². The molecule has 2 rings (SSSR count). The maximum Gasteiger partial charge on any atom is 0.244 e. The van der Waals surface area contributed by atoms with Crippen LogP contribution in [0.2, 0.25) is 0 Å². The lowest BCUT2D eigenvalue weighted by Gasteiger charge is -2.25. The van der Waals surface area contributed by atoms with Crippen LogP contribution in [0.4, 0.5) is 10.1 Å². The Morgan fingerprint density at radius 1 is 1.29 bits per heavy atom. The number of likely N-dealkylation sites (tertiary alicyclic amines) is 1. The van der Waals surface area contributed by atoms with Crippen molar-refractivity contribution >= 4 is 11.6 Å². The molecule has 0 spiro atoms. The number of amides is 1. The minimum Gasteiger partial charge on any atom is -0.494 e. The maximum absolute atomic E-state index is 13.4. The molecule has 1 aromatic carbocycles. The predicted molar refractivity (Wildman–Crippen MR) is 81.1 cm³/mol. The summed E-state index contributed by atoms with van der Waals surface area (Å²) in [5.41, 5.74) is 0.684. The fraction of sp³-hybridized carbons (Fsp3) is 0.562. The molecule has 1 atom stereocenters. The zero-order chi connectivity index (χ0) is 15.2. The van der Waals surface area contributed by atoms with E-state index in [0.717, 1.165) is 25.9 Å². The van der Waals surface area contributed by atoms with Crippen molar-refractivity contribution in [3.63, 3.8) is 0 Å². The van der Waals surface area contributed by atoms with Gasteiger partial charge < -0.3 is 15.0 Å². The molecule has 0 bridgehead atoms. The Morgan fingerprint density at radius 3 is 2.57 bits per heavy atom. The summed E-state index contributed by atoms with van der Waals surface area (Å²) in [5, 5.41) is 3.12. The summed E-state index contributed by atoms with van der Waals surface area (Å²) in [4.78, 5) is 14.4. The molecule has 1 aromatic rings. The molecule has 0 aromatic heterocycles. The second kappa shape index (κ2) is 7.29. The van der Waals surface area contributed by atoms with E-state index in [-0.39, 0.29) is 17.7 Å². The number of nitrogens with zero attached hydrogens (tertiary/aromatic N) is 1. The van der Waals surface area contributed by atoms with Crippen LogP contribution in [0.1, 0.15) is 32.6 Å². The molecule has 1 N–H and O–H groups in total. The highest BCUT2D eigenvalue weighted by Crippen LogP contribution is 2.22. The first-order valence-corrected chi connectivity index (χ1v) is 7.50. The van der Waals surface area contributed by atoms with Gasteiger partial charge in [-0.15, -0.1) is 0 Å². The van der Waals surface area contributed by atoms with Gasteiger partial charge in [0.1, 0.15) is 6.04 Å². The zero-order valence-corrected chi connectivity index (χ0v) is 12.7. The summed E-state index contributed by atoms with van der Waals surface area (Å²) >= 11 is 0. The minimum atomic E-state index is -0.408. The first-order chi connectivity index (χ1) is 10.1. The Kier molecular flexibility index (Phi) is 5.42. The highest BCUT2D eigenvalue weighted by Gasteiger charge is 2.21. The van der Waals surface area contributed by atoms with Crippen molar-refractivity contribution in [3.05, 3.63) is 24.0 Å². The summed E-state index contributed by atoms with van der Waals surface area (Å²) in [6.07, 6.45) is 4.53. The highest BCUT2D eigenvalue weighted by molar-refractivity contribution is 5.84. The van der Waals surface area contributed by atoms with Crippen LogP contribution in [0.25, 0.3) is 0 Å². The number of hydrogen-bond acceptors (Lipinski definition) is 3. The molecule has 1 fully saturated rings. The molecule has 5 heteroatoms. The average Bonchev–Trinajstić information content (AvgIpc) is 2.77. The standard InChI is InChI=1S/C16H23FN2O2/c1-12(16(20)19-9-5-3-4-6-10-19)18-13-7-8-14(17)15(11-13)21-2/h7-8,11-12,18H,3-6,9-10H2,1-2H3. The van der Waals surface area contributed by atoms with Gasteiger partial charge in [-0.3, -0.25) is 4.79 Å². The van der Waals surface area contributed by atoms with Crippen LogP contribution in [0, 0.1) is 5.82 Å². The van der Waals surface area contributed by atoms with Crippen LogP contribution >= 0.6 is 0 Å². The molecular formula is C16H23FN2O2. The number of ether oxygens (including phenoxy) is 1. The molecule has 4 nitrogen and oxygen atoms in total. The van der Waals surface area contributed by atoms with Crippen molar-refractivity contribution < 1.29 is 13.9 Å². The van der Waals surface area contributed by atoms with Gasteiger partial charge in [0.25, 0.3) is 0 Å². The van der Waals surface area contributed by atoms with Crippen molar-refractivity contribution in [2.45, 2.75) is 38.6 Å². The van der Waals surface area contributed by atoms with E-state index in [1.807, 2.05) is 11.8 Å². The molecule has 1 heterocycles. The Bertz CT molecular complexity index is 485. The number of benzene rings is 1. The number of nitrogens with one attached hydrogen (secondary N) is 1. The topological polar surface area (TPSA) is 41.6 Å². The molecular weight excluding hydrogens is 271 g/mol. The van der Waals surface area contributed by atoms with Gasteiger partial charge >= 0.3 is 0 Å². The zero-order valence-electron chi connectivity index (χ0n) is 12.7. The summed E-state index contributed by atoms with van der Waals surface area (Å²) < 4.78 is 18.3. The lowest BCUT2D eigenvalue weighted by Crippen LogP contribution is -2.41. The number of anilines is 1. The molecule has 21 heavy (non-hydrogen) atoms. The minimum absolute atomic E-state index is 0.0974. The molecule has 0 radical (unpaired) electrons. The number of carbonyl (C=O) groups excluding carboxylic acids is 1.